The molecule has 0 aliphatic heterocycles. The summed E-state index contributed by atoms with van der Waals surface area (Å²) in [5.74, 6) is 0.737. The fourth-order valence-electron chi connectivity index (χ4n) is 2.28. The average molecular weight is 234 g/mol. The van der Waals surface area contributed by atoms with Crippen molar-refractivity contribution >= 4 is 5.69 Å². The van der Waals surface area contributed by atoms with Crippen LogP contribution in [0.4, 0.5) is 5.69 Å². The lowest BCUT2D eigenvalue weighted by Crippen LogP contribution is -2.32. The molecule has 1 aromatic carbocycles. The van der Waals surface area contributed by atoms with Gasteiger partial charge in [0.15, 0.2) is 0 Å². The van der Waals surface area contributed by atoms with E-state index in [2.05, 4.69) is 51.8 Å². The lowest BCUT2D eigenvalue weighted by Gasteiger charge is -2.32. The third-order valence-corrected chi connectivity index (χ3v) is 3.51. The minimum atomic E-state index is 0.409. The summed E-state index contributed by atoms with van der Waals surface area (Å²) in [6.45, 7) is 9.08. The Hall–Kier alpha value is -1.02. The second-order valence-corrected chi connectivity index (χ2v) is 5.49. The lowest BCUT2D eigenvalue weighted by atomic mass is 10.0. The molecular formula is C15H26N2. The predicted octanol–water partition coefficient (Wildman–Crippen LogP) is 3.70. The molecule has 0 saturated heterocycles. The van der Waals surface area contributed by atoms with E-state index in [1.54, 1.807) is 0 Å². The third kappa shape index (κ3) is 4.04. The van der Waals surface area contributed by atoms with Gasteiger partial charge in [0.25, 0.3) is 0 Å². The van der Waals surface area contributed by atoms with Crippen molar-refractivity contribution in [1.82, 2.24) is 4.90 Å². The van der Waals surface area contributed by atoms with Crippen LogP contribution in [0, 0.1) is 5.92 Å². The molecule has 2 heteroatoms. The van der Waals surface area contributed by atoms with Crippen molar-refractivity contribution in [2.45, 2.75) is 46.2 Å². The number of anilines is 1. The molecule has 0 aliphatic rings. The molecule has 0 heterocycles. The zero-order chi connectivity index (χ0) is 13.0. The summed E-state index contributed by atoms with van der Waals surface area (Å²) in [4.78, 5) is 2.43. The Labute approximate surface area is 106 Å². The smallest absolute Gasteiger partial charge is 0.0320 e. The first-order valence-electron chi connectivity index (χ1n) is 6.49. The van der Waals surface area contributed by atoms with E-state index in [9.17, 15) is 0 Å². The molecular weight excluding hydrogens is 208 g/mol. The van der Waals surface area contributed by atoms with Gasteiger partial charge in [-0.05, 0) is 50.9 Å². The average Bonchev–Trinajstić information content (AvgIpc) is 2.26. The van der Waals surface area contributed by atoms with Gasteiger partial charge < -0.3 is 5.73 Å². The molecule has 1 rings (SSSR count). The Morgan fingerprint density at radius 1 is 1.18 bits per heavy atom. The lowest BCUT2D eigenvalue weighted by molar-refractivity contribution is 0.176. The van der Waals surface area contributed by atoms with Crippen LogP contribution in [0.15, 0.2) is 24.3 Å². The maximum Gasteiger partial charge on any atom is 0.0320 e. The van der Waals surface area contributed by atoms with Crippen molar-refractivity contribution in [3.05, 3.63) is 29.8 Å². The van der Waals surface area contributed by atoms with Crippen LogP contribution < -0.4 is 5.73 Å². The van der Waals surface area contributed by atoms with Crippen LogP contribution in [0.5, 0.6) is 0 Å². The largest absolute Gasteiger partial charge is 0.399 e. The van der Waals surface area contributed by atoms with E-state index in [0.717, 1.165) is 11.6 Å². The van der Waals surface area contributed by atoms with E-state index in [1.165, 1.54) is 12.0 Å². The molecule has 0 aromatic heterocycles. The molecule has 0 saturated carbocycles. The van der Waals surface area contributed by atoms with Crippen LogP contribution in [0.1, 0.15) is 45.7 Å². The molecule has 2 nitrogen and oxygen atoms in total. The van der Waals surface area contributed by atoms with E-state index >= 15 is 0 Å². The highest BCUT2D eigenvalue weighted by Crippen LogP contribution is 2.24. The molecule has 96 valence electrons. The monoisotopic (exact) mass is 234 g/mol. The molecule has 2 unspecified atom stereocenters. The second-order valence-electron chi connectivity index (χ2n) is 5.49. The Morgan fingerprint density at radius 3 is 2.35 bits per heavy atom. The Morgan fingerprint density at radius 2 is 1.82 bits per heavy atom. The van der Waals surface area contributed by atoms with Crippen molar-refractivity contribution in [2.24, 2.45) is 5.92 Å². The molecule has 17 heavy (non-hydrogen) atoms. The van der Waals surface area contributed by atoms with Gasteiger partial charge in [0.2, 0.25) is 0 Å². The molecule has 2 atom stereocenters. The molecule has 0 amide bonds. The van der Waals surface area contributed by atoms with Crippen LogP contribution in [0.25, 0.3) is 0 Å². The van der Waals surface area contributed by atoms with Gasteiger partial charge in [-0.25, -0.2) is 0 Å². The molecule has 1 aromatic rings. The second kappa shape index (κ2) is 6.06. The fraction of sp³-hybridized carbons (Fsp3) is 0.600. The van der Waals surface area contributed by atoms with Gasteiger partial charge in [-0.15, -0.1) is 0 Å². The van der Waals surface area contributed by atoms with Crippen LogP contribution in [0.3, 0.4) is 0 Å². The van der Waals surface area contributed by atoms with E-state index in [0.29, 0.717) is 12.1 Å². The van der Waals surface area contributed by atoms with Gasteiger partial charge in [0.1, 0.15) is 0 Å². The number of nitrogen functional groups attached to an aromatic ring is 1. The van der Waals surface area contributed by atoms with Crippen LogP contribution in [0.2, 0.25) is 0 Å². The van der Waals surface area contributed by atoms with E-state index in [-0.39, 0.29) is 0 Å². The summed E-state index contributed by atoms with van der Waals surface area (Å²) >= 11 is 0. The zero-order valence-corrected chi connectivity index (χ0v) is 11.8. The van der Waals surface area contributed by atoms with E-state index < -0.39 is 0 Å². The van der Waals surface area contributed by atoms with Gasteiger partial charge in [-0.1, -0.05) is 26.0 Å². The summed E-state index contributed by atoms with van der Waals surface area (Å²) in [5.41, 5.74) is 7.98. The number of hydrogen-bond donors (Lipinski definition) is 1. The Balaban J connectivity index is 2.72. The summed E-state index contributed by atoms with van der Waals surface area (Å²) in [6.07, 6.45) is 1.23. The highest BCUT2D eigenvalue weighted by atomic mass is 15.1. The zero-order valence-electron chi connectivity index (χ0n) is 11.8. The van der Waals surface area contributed by atoms with Gasteiger partial charge >= 0.3 is 0 Å². The maximum atomic E-state index is 5.83. The standard InChI is InChI=1S/C15H26N2/c1-11(2)9-12(3)17(5)13(4)14-7-6-8-15(16)10-14/h6-8,10-13H,9,16H2,1-5H3. The normalized spacial score (nSPS) is 15.2. The minimum absolute atomic E-state index is 0.409. The van der Waals surface area contributed by atoms with Gasteiger partial charge in [0, 0.05) is 17.8 Å². The summed E-state index contributed by atoms with van der Waals surface area (Å²) in [5, 5.41) is 0. The first-order valence-corrected chi connectivity index (χ1v) is 6.49. The highest BCUT2D eigenvalue weighted by Gasteiger charge is 2.18. The highest BCUT2D eigenvalue weighted by molar-refractivity contribution is 5.41. The first-order chi connectivity index (χ1) is 7.91. The first kappa shape index (κ1) is 14.0. The summed E-state index contributed by atoms with van der Waals surface area (Å²) < 4.78 is 0. The van der Waals surface area contributed by atoms with Crippen molar-refractivity contribution in [2.75, 3.05) is 12.8 Å². The van der Waals surface area contributed by atoms with Crippen LogP contribution in [-0.2, 0) is 0 Å². The maximum absolute atomic E-state index is 5.83. The number of benzene rings is 1. The SMILES string of the molecule is CC(C)CC(C)N(C)C(C)c1cccc(N)c1. The predicted molar refractivity (Wildman–Crippen MR) is 75.9 cm³/mol. The van der Waals surface area contributed by atoms with Gasteiger partial charge in [-0.2, -0.15) is 0 Å². The minimum Gasteiger partial charge on any atom is -0.399 e. The third-order valence-electron chi connectivity index (χ3n) is 3.51. The fourth-order valence-corrected chi connectivity index (χ4v) is 2.28. The van der Waals surface area contributed by atoms with Crippen molar-refractivity contribution < 1.29 is 0 Å². The Bertz CT molecular complexity index is 347. The molecule has 0 bridgehead atoms. The van der Waals surface area contributed by atoms with Crippen molar-refractivity contribution in [3.63, 3.8) is 0 Å². The number of nitrogens with zero attached hydrogens (tertiary/aromatic N) is 1. The van der Waals surface area contributed by atoms with Gasteiger partial charge in [-0.3, -0.25) is 4.90 Å². The summed E-state index contributed by atoms with van der Waals surface area (Å²) in [6, 6.07) is 9.19. The summed E-state index contributed by atoms with van der Waals surface area (Å²) in [7, 11) is 2.20. The van der Waals surface area contributed by atoms with Gasteiger partial charge in [0.05, 0.1) is 0 Å². The Kier molecular flexibility index (Phi) is 5.01. The van der Waals surface area contributed by atoms with Crippen molar-refractivity contribution in [3.8, 4) is 0 Å². The van der Waals surface area contributed by atoms with E-state index in [1.807, 2.05) is 12.1 Å². The topological polar surface area (TPSA) is 29.3 Å². The number of rotatable bonds is 5. The molecule has 0 fully saturated rings. The number of hydrogen-bond acceptors (Lipinski definition) is 2. The van der Waals surface area contributed by atoms with Crippen LogP contribution in [-0.4, -0.2) is 18.0 Å². The molecule has 2 N–H and O–H groups in total. The molecule has 0 radical (unpaired) electrons. The molecule has 0 aliphatic carbocycles. The number of nitrogens with two attached hydrogens (primary N) is 1. The quantitative estimate of drug-likeness (QED) is 0.787. The van der Waals surface area contributed by atoms with Crippen LogP contribution >= 0.6 is 0 Å². The van der Waals surface area contributed by atoms with Crippen molar-refractivity contribution in [1.29, 1.82) is 0 Å². The molecule has 0 spiro atoms. The van der Waals surface area contributed by atoms with E-state index in [4.69, 9.17) is 5.73 Å².